The molecule has 1 unspecified atom stereocenters. The molecule has 0 bridgehead atoms. The highest BCUT2D eigenvalue weighted by atomic mass is 32.2. The molecule has 1 atom stereocenters. The highest BCUT2D eigenvalue weighted by Gasteiger charge is 2.13. The molecule has 0 spiro atoms. The van der Waals surface area contributed by atoms with Crippen LogP contribution in [0.4, 0.5) is 0 Å². The van der Waals surface area contributed by atoms with Crippen molar-refractivity contribution in [3.8, 4) is 23.3 Å². The molecule has 0 aliphatic rings. The molecule has 7 heteroatoms. The van der Waals surface area contributed by atoms with Gasteiger partial charge in [0.2, 0.25) is 0 Å². The van der Waals surface area contributed by atoms with E-state index in [0.29, 0.717) is 22.0 Å². The smallest absolute Gasteiger partial charge is 0.286 e. The normalized spacial score (nSPS) is 12.2. The maximum Gasteiger partial charge on any atom is 0.286 e. The number of carbonyl (C=O) groups excluding carboxylic acids is 1. The zero-order valence-corrected chi connectivity index (χ0v) is 19.4. The summed E-state index contributed by atoms with van der Waals surface area (Å²) >= 11 is 0. The van der Waals surface area contributed by atoms with Crippen LogP contribution in [0.5, 0.6) is 11.5 Å². The maximum absolute atomic E-state index is 13.1. The van der Waals surface area contributed by atoms with E-state index < -0.39 is 15.6 Å². The summed E-state index contributed by atoms with van der Waals surface area (Å²) < 4.78 is 27.6. The van der Waals surface area contributed by atoms with Gasteiger partial charge in [-0.1, -0.05) is 17.9 Å². The molecule has 32 heavy (non-hydrogen) atoms. The second kappa shape index (κ2) is 9.67. The average Bonchev–Trinajstić information content (AvgIpc) is 2.76. The number of ether oxygens (including phenoxy) is 2. The minimum absolute atomic E-state index is 0.225. The third-order valence-electron chi connectivity index (χ3n) is 4.61. The second-order valence-corrected chi connectivity index (χ2v) is 9.56. The van der Waals surface area contributed by atoms with Crippen molar-refractivity contribution in [3.05, 3.63) is 82.7 Å². The molecule has 0 N–H and O–H groups in total. The van der Waals surface area contributed by atoms with Crippen molar-refractivity contribution in [2.24, 2.45) is 4.36 Å². The Morgan fingerprint density at radius 1 is 0.906 bits per heavy atom. The van der Waals surface area contributed by atoms with Crippen molar-refractivity contribution in [3.63, 3.8) is 0 Å². The van der Waals surface area contributed by atoms with E-state index in [1.165, 1.54) is 12.5 Å². The fourth-order valence-corrected chi connectivity index (χ4v) is 4.44. The maximum atomic E-state index is 13.1. The van der Waals surface area contributed by atoms with Gasteiger partial charge in [0.1, 0.15) is 0 Å². The Kier molecular flexibility index (Phi) is 6.96. The van der Waals surface area contributed by atoms with E-state index in [1.807, 2.05) is 26.0 Å². The van der Waals surface area contributed by atoms with Gasteiger partial charge in [0.05, 0.1) is 29.5 Å². The van der Waals surface area contributed by atoms with Crippen molar-refractivity contribution in [1.29, 1.82) is 0 Å². The molecule has 0 fully saturated rings. The van der Waals surface area contributed by atoms with Crippen LogP contribution < -0.4 is 9.47 Å². The zero-order valence-electron chi connectivity index (χ0n) is 18.6. The van der Waals surface area contributed by atoms with Crippen LogP contribution in [0.3, 0.4) is 0 Å². The van der Waals surface area contributed by atoms with Crippen LogP contribution in [0.1, 0.15) is 32.6 Å². The molecule has 2 aromatic carbocycles. The van der Waals surface area contributed by atoms with Crippen molar-refractivity contribution >= 4 is 15.6 Å². The predicted octanol–water partition coefficient (Wildman–Crippen LogP) is 4.41. The summed E-state index contributed by atoms with van der Waals surface area (Å²) in [6.07, 6.45) is 4.41. The van der Waals surface area contributed by atoms with Gasteiger partial charge in [-0.25, -0.2) is 4.21 Å². The van der Waals surface area contributed by atoms with Gasteiger partial charge in [0, 0.05) is 34.7 Å². The Hall–Kier alpha value is -3.63. The lowest BCUT2D eigenvalue weighted by molar-refractivity contribution is 0.100. The molecule has 0 aliphatic heterocycles. The van der Waals surface area contributed by atoms with E-state index in [0.717, 1.165) is 16.7 Å². The van der Waals surface area contributed by atoms with Gasteiger partial charge in [-0.05, 0) is 61.4 Å². The third-order valence-corrected chi connectivity index (χ3v) is 6.23. The van der Waals surface area contributed by atoms with Crippen molar-refractivity contribution in [1.82, 2.24) is 4.98 Å². The molecule has 164 valence electrons. The summed E-state index contributed by atoms with van der Waals surface area (Å²) in [4.78, 5) is 17.3. The lowest BCUT2D eigenvalue weighted by atomic mass is 10.1. The number of carbonyl (C=O) groups is 1. The first-order valence-electron chi connectivity index (χ1n) is 9.76. The number of aryl methyl sites for hydroxylation is 2. The first-order chi connectivity index (χ1) is 15.2. The van der Waals surface area contributed by atoms with Gasteiger partial charge in [-0.2, -0.15) is 4.36 Å². The highest BCUT2D eigenvalue weighted by Crippen LogP contribution is 2.27. The zero-order chi connectivity index (χ0) is 23.3. The first-order valence-corrected chi connectivity index (χ1v) is 11.7. The van der Waals surface area contributed by atoms with Crippen molar-refractivity contribution in [2.75, 3.05) is 20.5 Å². The van der Waals surface area contributed by atoms with Gasteiger partial charge in [0.25, 0.3) is 5.91 Å². The summed E-state index contributed by atoms with van der Waals surface area (Å²) in [6.45, 7) is 3.83. The Bertz CT molecular complexity index is 1340. The Morgan fingerprint density at radius 2 is 1.56 bits per heavy atom. The molecule has 1 aromatic heterocycles. The number of amides is 1. The summed E-state index contributed by atoms with van der Waals surface area (Å²) in [5.74, 6) is 6.58. The summed E-state index contributed by atoms with van der Waals surface area (Å²) in [5.41, 5.74) is 3.41. The number of rotatable bonds is 4. The van der Waals surface area contributed by atoms with E-state index in [4.69, 9.17) is 9.47 Å². The summed E-state index contributed by atoms with van der Waals surface area (Å²) in [5, 5.41) is 0. The Labute approximate surface area is 188 Å². The van der Waals surface area contributed by atoms with Gasteiger partial charge in [-0.15, -0.1) is 0 Å². The van der Waals surface area contributed by atoms with Crippen LogP contribution in [0.2, 0.25) is 0 Å². The topological polar surface area (TPSA) is 77.9 Å². The summed E-state index contributed by atoms with van der Waals surface area (Å²) in [7, 11) is 0.224. The van der Waals surface area contributed by atoms with Crippen molar-refractivity contribution in [2.45, 2.75) is 18.7 Å². The van der Waals surface area contributed by atoms with Crippen LogP contribution in [0.25, 0.3) is 0 Å². The molecule has 1 amide bonds. The number of methoxy groups -OCH3 is 2. The average molecular weight is 449 g/mol. The molecular weight excluding hydrogens is 424 g/mol. The number of hydrogen-bond acceptors (Lipinski definition) is 5. The van der Waals surface area contributed by atoms with E-state index in [2.05, 4.69) is 21.2 Å². The molecule has 0 radical (unpaired) electrons. The summed E-state index contributed by atoms with van der Waals surface area (Å²) in [6, 6.07) is 12.5. The fraction of sp³-hybridized carbons (Fsp3) is 0.200. The van der Waals surface area contributed by atoms with Crippen LogP contribution in [0, 0.1) is 25.7 Å². The predicted molar refractivity (Wildman–Crippen MR) is 125 cm³/mol. The fourth-order valence-electron chi connectivity index (χ4n) is 3.10. The van der Waals surface area contributed by atoms with Crippen LogP contribution >= 0.6 is 0 Å². The van der Waals surface area contributed by atoms with E-state index >= 15 is 0 Å². The van der Waals surface area contributed by atoms with Gasteiger partial charge in [0.15, 0.2) is 11.5 Å². The number of benzene rings is 2. The number of pyridine rings is 1. The van der Waals surface area contributed by atoms with E-state index in [9.17, 15) is 9.00 Å². The lowest BCUT2D eigenvalue weighted by Crippen LogP contribution is -2.05. The molecule has 0 aliphatic carbocycles. The Morgan fingerprint density at radius 3 is 2.22 bits per heavy atom. The highest BCUT2D eigenvalue weighted by molar-refractivity contribution is 7.93. The van der Waals surface area contributed by atoms with Crippen molar-refractivity contribution < 1.29 is 18.5 Å². The van der Waals surface area contributed by atoms with Gasteiger partial charge >= 0.3 is 0 Å². The molecule has 1 heterocycles. The molecule has 3 rings (SSSR count). The molecular formula is C25H24N2O4S. The van der Waals surface area contributed by atoms with E-state index in [1.54, 1.807) is 50.7 Å². The van der Waals surface area contributed by atoms with E-state index in [-0.39, 0.29) is 5.56 Å². The van der Waals surface area contributed by atoms with Crippen LogP contribution in [0.15, 0.2) is 64.1 Å². The SMILES string of the molecule is COc1ccc(C#Cc2cncc(C(=O)N=S(C)(=O)c3cc(C)cc(C)c3)c2)cc1OC. The molecule has 0 saturated carbocycles. The minimum Gasteiger partial charge on any atom is -0.493 e. The Balaban J connectivity index is 1.90. The monoisotopic (exact) mass is 448 g/mol. The third kappa shape index (κ3) is 5.54. The molecule has 0 saturated heterocycles. The second-order valence-electron chi connectivity index (χ2n) is 7.30. The van der Waals surface area contributed by atoms with Crippen LogP contribution in [-0.4, -0.2) is 35.6 Å². The molecule has 3 aromatic rings. The van der Waals surface area contributed by atoms with Crippen LogP contribution in [-0.2, 0) is 9.73 Å². The standard InChI is InChI=1S/C25H24N2O4S/c1-17-10-18(2)12-22(11-17)32(5,29)27-25(28)21-13-20(15-26-16-21)7-6-19-8-9-23(30-3)24(14-19)31-4/h8-16H,1-5H3. The van der Waals surface area contributed by atoms with Gasteiger partial charge < -0.3 is 9.47 Å². The first kappa shape index (κ1) is 23.0. The number of nitrogens with zero attached hydrogens (tertiary/aromatic N) is 2. The number of aromatic nitrogens is 1. The molecule has 6 nitrogen and oxygen atoms in total. The number of hydrogen-bond donors (Lipinski definition) is 0. The largest absolute Gasteiger partial charge is 0.493 e. The lowest BCUT2D eigenvalue weighted by Gasteiger charge is -2.07. The quantitative estimate of drug-likeness (QED) is 0.553. The minimum atomic E-state index is -2.90. The van der Waals surface area contributed by atoms with Gasteiger partial charge in [-0.3, -0.25) is 9.78 Å².